The number of halogens is 1. The van der Waals surface area contributed by atoms with Crippen molar-refractivity contribution >= 4 is 39.1 Å². The van der Waals surface area contributed by atoms with Gasteiger partial charge in [0, 0.05) is 18.1 Å². The molecule has 1 N–H and O–H groups in total. The van der Waals surface area contributed by atoms with Crippen LogP contribution in [0.2, 0.25) is 5.02 Å². The summed E-state index contributed by atoms with van der Waals surface area (Å²) in [6, 6.07) is 21.8. The van der Waals surface area contributed by atoms with Crippen molar-refractivity contribution in [2.24, 2.45) is 0 Å². The molecule has 1 atom stereocenters. The minimum absolute atomic E-state index is 0.0612. The first-order valence-electron chi connectivity index (χ1n) is 13.6. The van der Waals surface area contributed by atoms with Gasteiger partial charge in [-0.15, -0.1) is 0 Å². The lowest BCUT2D eigenvalue weighted by Crippen LogP contribution is -2.53. The Labute approximate surface area is 243 Å². The van der Waals surface area contributed by atoms with Gasteiger partial charge in [0.15, 0.2) is 0 Å². The van der Waals surface area contributed by atoms with Crippen molar-refractivity contribution in [3.63, 3.8) is 0 Å². The van der Waals surface area contributed by atoms with Gasteiger partial charge in [0.05, 0.1) is 10.6 Å². The molecule has 0 unspecified atom stereocenters. The highest BCUT2D eigenvalue weighted by Gasteiger charge is 2.33. The number of benzene rings is 3. The first kappa shape index (κ1) is 31.2. The number of amides is 2. The molecule has 40 heavy (non-hydrogen) atoms. The largest absolute Gasteiger partial charge is 0.354 e. The van der Waals surface area contributed by atoms with Gasteiger partial charge in [-0.2, -0.15) is 0 Å². The van der Waals surface area contributed by atoms with Crippen LogP contribution in [0.5, 0.6) is 0 Å². The molecule has 0 aliphatic rings. The van der Waals surface area contributed by atoms with E-state index in [-0.39, 0.29) is 23.0 Å². The van der Waals surface area contributed by atoms with Gasteiger partial charge in [-0.1, -0.05) is 86.0 Å². The average Bonchev–Trinajstić information content (AvgIpc) is 2.94. The topological polar surface area (TPSA) is 86.8 Å². The second-order valence-electron chi connectivity index (χ2n) is 9.70. The third-order valence-corrected chi connectivity index (χ3v) is 8.71. The zero-order valence-corrected chi connectivity index (χ0v) is 24.9. The number of unbranched alkanes of at least 4 members (excludes halogenated alkanes) is 1. The van der Waals surface area contributed by atoms with Crippen LogP contribution in [0.4, 0.5) is 5.69 Å². The number of hydrogen-bond acceptors (Lipinski definition) is 4. The van der Waals surface area contributed by atoms with E-state index in [0.29, 0.717) is 24.4 Å². The molecule has 3 rings (SSSR count). The Morgan fingerprint density at radius 2 is 1.65 bits per heavy atom. The predicted molar refractivity (Wildman–Crippen MR) is 161 cm³/mol. The van der Waals surface area contributed by atoms with E-state index in [9.17, 15) is 18.0 Å². The number of hydrogen-bond donors (Lipinski definition) is 1. The van der Waals surface area contributed by atoms with Gasteiger partial charge in [-0.25, -0.2) is 8.42 Å². The number of sulfonamides is 1. The zero-order valence-electron chi connectivity index (χ0n) is 23.3. The summed E-state index contributed by atoms with van der Waals surface area (Å²) < 4.78 is 28.8. The van der Waals surface area contributed by atoms with Gasteiger partial charge >= 0.3 is 0 Å². The second-order valence-corrected chi connectivity index (χ2v) is 12.0. The highest BCUT2D eigenvalue weighted by Crippen LogP contribution is 2.27. The number of anilines is 1. The SMILES string of the molecule is CCCCNC(=O)[C@@H](CC)N(CCc1ccccc1)C(=O)CN(c1cccc(Cl)c1)S(=O)(=O)c1ccc(C)cc1. The van der Waals surface area contributed by atoms with Crippen LogP contribution < -0.4 is 9.62 Å². The molecular weight excluding hydrogens is 546 g/mol. The summed E-state index contributed by atoms with van der Waals surface area (Å²) in [5, 5.41) is 3.28. The fourth-order valence-electron chi connectivity index (χ4n) is 4.40. The Balaban J connectivity index is 1.98. The Hall–Kier alpha value is -3.36. The maximum Gasteiger partial charge on any atom is 0.264 e. The predicted octanol–water partition coefficient (Wildman–Crippen LogP) is 5.61. The molecule has 7 nitrogen and oxygen atoms in total. The van der Waals surface area contributed by atoms with E-state index in [0.717, 1.165) is 28.3 Å². The standard InChI is InChI=1S/C31H38ClN3O4S/c1-4-6-20-33-31(37)29(5-2)34(21-19-25-11-8-7-9-12-25)30(36)23-35(27-14-10-13-26(32)22-27)40(38,39)28-17-15-24(3)16-18-28/h7-18,22,29H,4-6,19-21,23H2,1-3H3,(H,33,37)/t29-/m1/s1. The first-order chi connectivity index (χ1) is 19.2. The molecule has 0 aromatic heterocycles. The van der Waals surface area contributed by atoms with E-state index in [4.69, 9.17) is 11.6 Å². The van der Waals surface area contributed by atoms with Crippen LogP contribution in [-0.4, -0.2) is 50.8 Å². The normalized spacial score (nSPS) is 12.0. The van der Waals surface area contributed by atoms with Gasteiger partial charge in [0.25, 0.3) is 10.0 Å². The van der Waals surface area contributed by atoms with Crippen molar-refractivity contribution in [1.29, 1.82) is 0 Å². The number of aryl methyl sites for hydroxylation is 1. The Bertz CT molecular complexity index is 1360. The van der Waals surface area contributed by atoms with E-state index in [1.54, 1.807) is 30.3 Å². The smallest absolute Gasteiger partial charge is 0.264 e. The van der Waals surface area contributed by atoms with Crippen molar-refractivity contribution in [3.05, 3.63) is 95.0 Å². The first-order valence-corrected chi connectivity index (χ1v) is 15.4. The van der Waals surface area contributed by atoms with Crippen LogP contribution in [0.1, 0.15) is 44.2 Å². The van der Waals surface area contributed by atoms with Gasteiger partial charge < -0.3 is 10.2 Å². The fraction of sp³-hybridized carbons (Fsp3) is 0.355. The summed E-state index contributed by atoms with van der Waals surface area (Å²) in [5.41, 5.74) is 2.20. The number of nitrogens with zero attached hydrogens (tertiary/aromatic N) is 2. The monoisotopic (exact) mass is 583 g/mol. The van der Waals surface area contributed by atoms with Gasteiger partial charge in [0.1, 0.15) is 12.6 Å². The minimum atomic E-state index is -4.13. The summed E-state index contributed by atoms with van der Waals surface area (Å²) in [7, 11) is -4.13. The number of carbonyl (C=O) groups is 2. The van der Waals surface area contributed by atoms with Crippen molar-refractivity contribution < 1.29 is 18.0 Å². The van der Waals surface area contributed by atoms with Crippen molar-refractivity contribution in [3.8, 4) is 0 Å². The van der Waals surface area contributed by atoms with Crippen LogP contribution >= 0.6 is 11.6 Å². The van der Waals surface area contributed by atoms with Crippen molar-refractivity contribution in [2.75, 3.05) is 23.9 Å². The molecule has 0 radical (unpaired) electrons. The fourth-order valence-corrected chi connectivity index (χ4v) is 5.99. The van der Waals surface area contributed by atoms with Gasteiger partial charge in [-0.3, -0.25) is 13.9 Å². The summed E-state index contributed by atoms with van der Waals surface area (Å²) in [6.07, 6.45) is 2.67. The molecular formula is C31H38ClN3O4S. The van der Waals surface area contributed by atoms with Crippen LogP contribution in [0.25, 0.3) is 0 Å². The molecule has 0 aliphatic heterocycles. The number of carbonyl (C=O) groups excluding carboxylic acids is 2. The van der Waals surface area contributed by atoms with Crippen molar-refractivity contribution in [1.82, 2.24) is 10.2 Å². The van der Waals surface area contributed by atoms with Crippen LogP contribution in [-0.2, 0) is 26.0 Å². The lowest BCUT2D eigenvalue weighted by Gasteiger charge is -2.33. The minimum Gasteiger partial charge on any atom is -0.354 e. The number of nitrogens with one attached hydrogen (secondary N) is 1. The average molecular weight is 584 g/mol. The maximum absolute atomic E-state index is 14.0. The molecule has 2 amide bonds. The lowest BCUT2D eigenvalue weighted by molar-refractivity contribution is -0.139. The molecule has 0 spiro atoms. The van der Waals surface area contributed by atoms with Gasteiger partial charge in [-0.05, 0) is 62.1 Å². The molecule has 214 valence electrons. The van der Waals surface area contributed by atoms with E-state index in [2.05, 4.69) is 5.32 Å². The van der Waals surface area contributed by atoms with Crippen LogP contribution in [0, 0.1) is 6.92 Å². The van der Waals surface area contributed by atoms with E-state index < -0.39 is 28.5 Å². The molecule has 0 fully saturated rings. The molecule has 0 saturated heterocycles. The summed E-state index contributed by atoms with van der Waals surface area (Å²) in [4.78, 5) is 28.8. The molecule has 0 bridgehead atoms. The Morgan fingerprint density at radius 1 is 0.950 bits per heavy atom. The summed E-state index contributed by atoms with van der Waals surface area (Å²) in [5.74, 6) is -0.711. The quantitative estimate of drug-likeness (QED) is 0.250. The molecule has 9 heteroatoms. The third kappa shape index (κ3) is 8.32. The zero-order chi connectivity index (χ0) is 29.1. The van der Waals surface area contributed by atoms with Gasteiger partial charge in [0.2, 0.25) is 11.8 Å². The molecule has 0 heterocycles. The Morgan fingerprint density at radius 3 is 2.27 bits per heavy atom. The Kier molecular flexibility index (Phi) is 11.6. The molecule has 0 aliphatic carbocycles. The maximum atomic E-state index is 14.0. The molecule has 3 aromatic rings. The van der Waals surface area contributed by atoms with Crippen molar-refractivity contribution in [2.45, 2.75) is 57.4 Å². The van der Waals surface area contributed by atoms with E-state index in [1.165, 1.54) is 23.1 Å². The lowest BCUT2D eigenvalue weighted by atomic mass is 10.1. The van der Waals surface area contributed by atoms with Crippen LogP contribution in [0.3, 0.4) is 0 Å². The van der Waals surface area contributed by atoms with Crippen LogP contribution in [0.15, 0.2) is 83.8 Å². The molecule has 3 aromatic carbocycles. The summed E-state index contributed by atoms with van der Waals surface area (Å²) in [6.45, 7) is 6.06. The number of rotatable bonds is 14. The highest BCUT2D eigenvalue weighted by atomic mass is 35.5. The molecule has 0 saturated carbocycles. The van der Waals surface area contributed by atoms with E-state index >= 15 is 0 Å². The second kappa shape index (κ2) is 14.9. The highest BCUT2D eigenvalue weighted by molar-refractivity contribution is 7.92. The summed E-state index contributed by atoms with van der Waals surface area (Å²) >= 11 is 6.23. The van der Waals surface area contributed by atoms with E-state index in [1.807, 2.05) is 51.1 Å². The third-order valence-electron chi connectivity index (χ3n) is 6.68.